The average molecular weight is 426 g/mol. The number of nitrogens with one attached hydrogen (secondary N) is 2. The SMILES string of the molecule is C[C@H](OC(=O)CNC(=O)c1ccc(Cl)c([N+](=O)[O-])c1)C(=O)N[C@@H]1CCCC[C@@H]1C. The Hall–Kier alpha value is -2.68. The van der Waals surface area contributed by atoms with E-state index < -0.39 is 35.1 Å². The van der Waals surface area contributed by atoms with Crippen LogP contribution in [0.5, 0.6) is 0 Å². The zero-order valence-electron chi connectivity index (χ0n) is 16.3. The molecule has 0 spiro atoms. The monoisotopic (exact) mass is 425 g/mol. The normalized spacial score (nSPS) is 19.7. The molecule has 3 atom stereocenters. The molecule has 0 radical (unpaired) electrons. The number of esters is 1. The minimum atomic E-state index is -0.995. The number of hydrogen-bond acceptors (Lipinski definition) is 6. The van der Waals surface area contributed by atoms with Crippen LogP contribution < -0.4 is 10.6 Å². The van der Waals surface area contributed by atoms with Crippen molar-refractivity contribution in [1.82, 2.24) is 10.6 Å². The van der Waals surface area contributed by atoms with Gasteiger partial charge < -0.3 is 15.4 Å². The quantitative estimate of drug-likeness (QED) is 0.392. The fraction of sp³-hybridized carbons (Fsp3) is 0.526. The Bertz CT molecular complexity index is 800. The van der Waals surface area contributed by atoms with Crippen molar-refractivity contribution in [3.8, 4) is 0 Å². The van der Waals surface area contributed by atoms with Gasteiger partial charge in [-0.1, -0.05) is 31.4 Å². The summed E-state index contributed by atoms with van der Waals surface area (Å²) in [6, 6.07) is 3.62. The van der Waals surface area contributed by atoms with E-state index in [2.05, 4.69) is 17.6 Å². The molecule has 1 fully saturated rings. The average Bonchev–Trinajstić information content (AvgIpc) is 2.67. The summed E-state index contributed by atoms with van der Waals surface area (Å²) in [5, 5.41) is 16.0. The van der Waals surface area contributed by atoms with Gasteiger partial charge in [-0.3, -0.25) is 24.5 Å². The number of halogens is 1. The van der Waals surface area contributed by atoms with Gasteiger partial charge in [0.05, 0.1) is 4.92 Å². The van der Waals surface area contributed by atoms with Crippen LogP contribution in [0.2, 0.25) is 5.02 Å². The lowest BCUT2D eigenvalue weighted by Gasteiger charge is -2.30. The number of nitro groups is 1. The van der Waals surface area contributed by atoms with Gasteiger partial charge in [0.25, 0.3) is 17.5 Å². The Morgan fingerprint density at radius 3 is 2.66 bits per heavy atom. The van der Waals surface area contributed by atoms with Crippen LogP contribution in [0.3, 0.4) is 0 Å². The molecular formula is C19H24ClN3O6. The van der Waals surface area contributed by atoms with E-state index in [9.17, 15) is 24.5 Å². The minimum absolute atomic E-state index is 0.0222. The van der Waals surface area contributed by atoms with E-state index in [-0.39, 0.29) is 22.5 Å². The highest BCUT2D eigenvalue weighted by molar-refractivity contribution is 6.32. The Balaban J connectivity index is 1.82. The third-order valence-electron chi connectivity index (χ3n) is 4.91. The van der Waals surface area contributed by atoms with Crippen molar-refractivity contribution >= 4 is 35.1 Å². The van der Waals surface area contributed by atoms with Gasteiger partial charge in [0.1, 0.15) is 11.6 Å². The van der Waals surface area contributed by atoms with E-state index >= 15 is 0 Å². The second-order valence-corrected chi connectivity index (χ2v) is 7.52. The molecule has 2 rings (SSSR count). The lowest BCUT2D eigenvalue weighted by atomic mass is 9.86. The maximum Gasteiger partial charge on any atom is 0.326 e. The predicted octanol–water partition coefficient (Wildman–Crippen LogP) is 2.60. The number of hydrogen-bond donors (Lipinski definition) is 2. The first-order chi connectivity index (χ1) is 13.7. The standard InChI is InChI=1S/C19H24ClN3O6/c1-11-5-3-4-6-15(11)22-18(25)12(2)29-17(24)10-21-19(26)13-7-8-14(20)16(9-13)23(27)28/h7-9,11-12,15H,3-6,10H2,1-2H3,(H,21,26)(H,22,25)/t11-,12-,15+/m0/s1. The van der Waals surface area contributed by atoms with Crippen LogP contribution in [-0.2, 0) is 14.3 Å². The van der Waals surface area contributed by atoms with Gasteiger partial charge in [0.2, 0.25) is 0 Å². The van der Waals surface area contributed by atoms with Crippen molar-refractivity contribution in [2.45, 2.75) is 51.7 Å². The molecule has 1 aromatic rings. The summed E-state index contributed by atoms with van der Waals surface area (Å²) in [7, 11) is 0. The number of nitro benzene ring substituents is 1. The van der Waals surface area contributed by atoms with Gasteiger partial charge in [-0.05, 0) is 37.8 Å². The van der Waals surface area contributed by atoms with Crippen LogP contribution in [0.25, 0.3) is 0 Å². The summed E-state index contributed by atoms with van der Waals surface area (Å²) in [5.74, 6) is -1.49. The lowest BCUT2D eigenvalue weighted by Crippen LogP contribution is -2.46. The summed E-state index contributed by atoms with van der Waals surface area (Å²) < 4.78 is 5.06. The summed E-state index contributed by atoms with van der Waals surface area (Å²) in [4.78, 5) is 46.4. The fourth-order valence-electron chi connectivity index (χ4n) is 3.17. The van der Waals surface area contributed by atoms with E-state index in [0.29, 0.717) is 5.92 Å². The number of benzene rings is 1. The number of ether oxygens (including phenoxy) is 1. The Labute approximate surface area is 173 Å². The first kappa shape index (κ1) is 22.6. The number of rotatable bonds is 7. The van der Waals surface area contributed by atoms with E-state index in [1.807, 2.05) is 0 Å². The topological polar surface area (TPSA) is 128 Å². The summed E-state index contributed by atoms with van der Waals surface area (Å²) in [6.45, 7) is 3.06. The van der Waals surface area contributed by atoms with Gasteiger partial charge in [-0.25, -0.2) is 0 Å². The summed E-state index contributed by atoms with van der Waals surface area (Å²) >= 11 is 5.70. The largest absolute Gasteiger partial charge is 0.451 e. The van der Waals surface area contributed by atoms with Crippen molar-refractivity contribution in [1.29, 1.82) is 0 Å². The number of nitrogens with zero attached hydrogens (tertiary/aromatic N) is 1. The molecule has 1 aromatic carbocycles. The molecule has 1 aliphatic carbocycles. The molecule has 1 aliphatic rings. The Morgan fingerprint density at radius 2 is 2.00 bits per heavy atom. The number of carbonyl (C=O) groups excluding carboxylic acids is 3. The van der Waals surface area contributed by atoms with Gasteiger partial charge in [0.15, 0.2) is 6.10 Å². The zero-order chi connectivity index (χ0) is 21.6. The molecule has 29 heavy (non-hydrogen) atoms. The Morgan fingerprint density at radius 1 is 1.31 bits per heavy atom. The highest BCUT2D eigenvalue weighted by atomic mass is 35.5. The second kappa shape index (κ2) is 10.2. The van der Waals surface area contributed by atoms with Crippen LogP contribution >= 0.6 is 11.6 Å². The molecule has 0 unspecified atom stereocenters. The van der Waals surface area contributed by atoms with E-state index in [1.165, 1.54) is 19.1 Å². The minimum Gasteiger partial charge on any atom is -0.451 e. The number of amides is 2. The third kappa shape index (κ3) is 6.42. The van der Waals surface area contributed by atoms with E-state index in [0.717, 1.165) is 31.7 Å². The molecule has 2 N–H and O–H groups in total. The molecule has 0 aliphatic heterocycles. The zero-order valence-corrected chi connectivity index (χ0v) is 17.0. The maximum atomic E-state index is 12.2. The number of carbonyl (C=O) groups is 3. The summed E-state index contributed by atoms with van der Waals surface area (Å²) in [6.07, 6.45) is 3.16. The maximum absolute atomic E-state index is 12.2. The van der Waals surface area contributed by atoms with Crippen LogP contribution in [0.15, 0.2) is 18.2 Å². The molecular weight excluding hydrogens is 402 g/mol. The van der Waals surface area contributed by atoms with Gasteiger partial charge >= 0.3 is 5.97 Å². The van der Waals surface area contributed by atoms with Crippen LogP contribution in [-0.4, -0.2) is 41.4 Å². The smallest absolute Gasteiger partial charge is 0.326 e. The van der Waals surface area contributed by atoms with Gasteiger partial charge in [-0.15, -0.1) is 0 Å². The van der Waals surface area contributed by atoms with E-state index in [4.69, 9.17) is 16.3 Å². The molecule has 9 nitrogen and oxygen atoms in total. The first-order valence-electron chi connectivity index (χ1n) is 9.41. The molecule has 10 heteroatoms. The Kier molecular flexibility index (Phi) is 7.95. The predicted molar refractivity (Wildman–Crippen MR) is 106 cm³/mol. The van der Waals surface area contributed by atoms with E-state index in [1.54, 1.807) is 0 Å². The van der Waals surface area contributed by atoms with Crippen molar-refractivity contribution in [2.24, 2.45) is 5.92 Å². The van der Waals surface area contributed by atoms with Crippen LogP contribution in [0, 0.1) is 16.0 Å². The molecule has 2 amide bonds. The van der Waals surface area contributed by atoms with Gasteiger partial charge in [0, 0.05) is 17.7 Å². The molecule has 158 valence electrons. The highest BCUT2D eigenvalue weighted by Gasteiger charge is 2.26. The van der Waals surface area contributed by atoms with Crippen molar-refractivity contribution in [3.05, 3.63) is 38.9 Å². The van der Waals surface area contributed by atoms with Crippen molar-refractivity contribution in [2.75, 3.05) is 6.54 Å². The van der Waals surface area contributed by atoms with Crippen molar-refractivity contribution < 1.29 is 24.0 Å². The summed E-state index contributed by atoms with van der Waals surface area (Å²) in [5.41, 5.74) is -0.435. The second-order valence-electron chi connectivity index (χ2n) is 7.11. The molecule has 0 saturated heterocycles. The molecule has 0 bridgehead atoms. The lowest BCUT2D eigenvalue weighted by molar-refractivity contribution is -0.384. The third-order valence-corrected chi connectivity index (χ3v) is 5.23. The first-order valence-corrected chi connectivity index (χ1v) is 9.78. The van der Waals surface area contributed by atoms with Crippen molar-refractivity contribution in [3.63, 3.8) is 0 Å². The molecule has 0 heterocycles. The highest BCUT2D eigenvalue weighted by Crippen LogP contribution is 2.25. The van der Waals surface area contributed by atoms with Gasteiger partial charge in [-0.2, -0.15) is 0 Å². The molecule has 1 saturated carbocycles. The molecule has 0 aromatic heterocycles. The van der Waals surface area contributed by atoms with Crippen LogP contribution in [0.4, 0.5) is 5.69 Å². The fourth-order valence-corrected chi connectivity index (χ4v) is 3.36. The van der Waals surface area contributed by atoms with Crippen LogP contribution in [0.1, 0.15) is 49.9 Å².